The maximum absolute atomic E-state index is 13.3. The number of ether oxygens (including phenoxy) is 1. The Morgan fingerprint density at radius 3 is 2.67 bits per heavy atom. The van der Waals surface area contributed by atoms with Gasteiger partial charge in [-0.05, 0) is 36.8 Å². The zero-order valence-electron chi connectivity index (χ0n) is 11.9. The molecule has 0 aliphatic heterocycles. The van der Waals surface area contributed by atoms with Crippen molar-refractivity contribution in [2.24, 2.45) is 0 Å². The molecular formula is C16H19FN2O2. The molecule has 21 heavy (non-hydrogen) atoms. The summed E-state index contributed by atoms with van der Waals surface area (Å²) in [5.41, 5.74) is 1.09. The Morgan fingerprint density at radius 1 is 1.24 bits per heavy atom. The summed E-state index contributed by atoms with van der Waals surface area (Å²) < 4.78 is 18.6. The highest BCUT2D eigenvalue weighted by Crippen LogP contribution is 2.15. The smallest absolute Gasteiger partial charge is 0.165 e. The van der Waals surface area contributed by atoms with Crippen LogP contribution in [0, 0.1) is 5.82 Å². The molecule has 2 N–H and O–H groups in total. The van der Waals surface area contributed by atoms with Crippen LogP contribution in [0.1, 0.15) is 18.5 Å². The van der Waals surface area contributed by atoms with Gasteiger partial charge in [-0.25, -0.2) is 4.39 Å². The normalized spacial score (nSPS) is 13.7. The molecule has 4 nitrogen and oxygen atoms in total. The number of aliphatic hydroxyl groups is 1. The molecule has 2 rings (SSSR count). The van der Waals surface area contributed by atoms with Crippen LogP contribution in [0.4, 0.5) is 4.39 Å². The molecule has 0 fully saturated rings. The van der Waals surface area contributed by atoms with Crippen molar-refractivity contribution in [1.29, 1.82) is 0 Å². The third-order valence-electron chi connectivity index (χ3n) is 3.13. The lowest BCUT2D eigenvalue weighted by atomic mass is 10.1. The van der Waals surface area contributed by atoms with Crippen LogP contribution in [0.15, 0.2) is 48.8 Å². The van der Waals surface area contributed by atoms with Crippen molar-refractivity contribution in [2.45, 2.75) is 19.1 Å². The van der Waals surface area contributed by atoms with Gasteiger partial charge in [-0.1, -0.05) is 12.1 Å². The second-order valence-corrected chi connectivity index (χ2v) is 4.81. The van der Waals surface area contributed by atoms with E-state index in [0.717, 1.165) is 5.56 Å². The number of nitrogens with zero attached hydrogens (tertiary/aromatic N) is 1. The first kappa shape index (κ1) is 15.4. The summed E-state index contributed by atoms with van der Waals surface area (Å²) in [5.74, 6) is -0.276. The van der Waals surface area contributed by atoms with E-state index in [2.05, 4.69) is 10.3 Å². The molecule has 0 saturated carbocycles. The van der Waals surface area contributed by atoms with Gasteiger partial charge < -0.3 is 15.2 Å². The summed E-state index contributed by atoms with van der Waals surface area (Å²) in [4.78, 5) is 3.96. The molecule has 5 heteroatoms. The van der Waals surface area contributed by atoms with Crippen molar-refractivity contribution in [3.8, 4) is 5.75 Å². The van der Waals surface area contributed by atoms with Crippen LogP contribution in [-0.4, -0.2) is 29.3 Å². The zero-order chi connectivity index (χ0) is 15.1. The minimum atomic E-state index is -0.714. The zero-order valence-corrected chi connectivity index (χ0v) is 11.9. The van der Waals surface area contributed by atoms with Gasteiger partial charge in [-0.3, -0.25) is 4.98 Å². The van der Waals surface area contributed by atoms with Gasteiger partial charge in [0, 0.05) is 25.0 Å². The first-order chi connectivity index (χ1) is 10.2. The van der Waals surface area contributed by atoms with Gasteiger partial charge in [-0.2, -0.15) is 0 Å². The number of aliphatic hydroxyl groups excluding tert-OH is 1. The summed E-state index contributed by atoms with van der Waals surface area (Å²) in [6.07, 6.45) is 2.74. The third kappa shape index (κ3) is 4.81. The summed E-state index contributed by atoms with van der Waals surface area (Å²) >= 11 is 0. The molecule has 2 aromatic rings. The molecule has 1 aromatic carbocycles. The number of nitrogens with one attached hydrogen (secondary N) is 1. The minimum Gasteiger partial charge on any atom is -0.488 e. The SMILES string of the molecule is C[C@H](NCC(O)COc1ccccc1F)c1ccncc1. The van der Waals surface area contributed by atoms with Crippen LogP contribution >= 0.6 is 0 Å². The topological polar surface area (TPSA) is 54.4 Å². The van der Waals surface area contributed by atoms with Gasteiger partial charge in [0.15, 0.2) is 11.6 Å². The van der Waals surface area contributed by atoms with E-state index in [0.29, 0.717) is 6.54 Å². The fourth-order valence-corrected chi connectivity index (χ4v) is 1.89. The predicted octanol–water partition coefficient (Wildman–Crippen LogP) is 2.31. The molecule has 0 aliphatic rings. The Kier molecular flexibility index (Phi) is 5.66. The van der Waals surface area contributed by atoms with Crippen molar-refractivity contribution in [2.75, 3.05) is 13.2 Å². The maximum Gasteiger partial charge on any atom is 0.165 e. The first-order valence-corrected chi connectivity index (χ1v) is 6.85. The molecule has 0 saturated heterocycles. The average Bonchev–Trinajstić information content (AvgIpc) is 2.52. The van der Waals surface area contributed by atoms with E-state index in [9.17, 15) is 9.50 Å². The number of hydrogen-bond acceptors (Lipinski definition) is 4. The van der Waals surface area contributed by atoms with Crippen LogP contribution in [-0.2, 0) is 0 Å². The minimum absolute atomic E-state index is 0.0387. The molecule has 1 aromatic heterocycles. The first-order valence-electron chi connectivity index (χ1n) is 6.85. The lowest BCUT2D eigenvalue weighted by Crippen LogP contribution is -2.33. The number of rotatable bonds is 7. The molecule has 0 amide bonds. The van der Waals surface area contributed by atoms with Crippen molar-refractivity contribution in [1.82, 2.24) is 10.3 Å². The van der Waals surface area contributed by atoms with Gasteiger partial charge in [0.2, 0.25) is 0 Å². The second kappa shape index (κ2) is 7.71. The van der Waals surface area contributed by atoms with Crippen LogP contribution in [0.2, 0.25) is 0 Å². The van der Waals surface area contributed by atoms with Gasteiger partial charge in [0.25, 0.3) is 0 Å². The summed E-state index contributed by atoms with van der Waals surface area (Å²) in [5, 5.41) is 13.1. The van der Waals surface area contributed by atoms with Crippen LogP contribution in [0.3, 0.4) is 0 Å². The van der Waals surface area contributed by atoms with E-state index < -0.39 is 11.9 Å². The quantitative estimate of drug-likeness (QED) is 0.821. The number of para-hydroxylation sites is 1. The standard InChI is InChI=1S/C16H19FN2O2/c1-12(13-6-8-18-9-7-13)19-10-14(20)11-21-16-5-3-2-4-15(16)17/h2-9,12,14,19-20H,10-11H2,1H3/t12-,14?/m0/s1. The summed E-state index contributed by atoms with van der Waals surface area (Å²) in [6.45, 7) is 2.40. The Morgan fingerprint density at radius 2 is 1.95 bits per heavy atom. The Bertz CT molecular complexity index is 551. The molecule has 1 unspecified atom stereocenters. The monoisotopic (exact) mass is 290 g/mol. The molecule has 0 radical (unpaired) electrons. The Labute approximate surface area is 123 Å². The predicted molar refractivity (Wildman–Crippen MR) is 78.6 cm³/mol. The Balaban J connectivity index is 1.75. The number of hydrogen-bond donors (Lipinski definition) is 2. The number of benzene rings is 1. The van der Waals surface area contributed by atoms with E-state index in [1.54, 1.807) is 24.5 Å². The fourth-order valence-electron chi connectivity index (χ4n) is 1.89. The lowest BCUT2D eigenvalue weighted by Gasteiger charge is -2.18. The van der Waals surface area contributed by atoms with Crippen LogP contribution < -0.4 is 10.1 Å². The van der Waals surface area contributed by atoms with Gasteiger partial charge in [0.1, 0.15) is 12.7 Å². The lowest BCUT2D eigenvalue weighted by molar-refractivity contribution is 0.102. The number of pyridine rings is 1. The molecule has 0 spiro atoms. The Hall–Kier alpha value is -1.98. The highest BCUT2D eigenvalue weighted by molar-refractivity contribution is 5.23. The van der Waals surface area contributed by atoms with E-state index >= 15 is 0 Å². The number of aromatic nitrogens is 1. The third-order valence-corrected chi connectivity index (χ3v) is 3.13. The van der Waals surface area contributed by atoms with Gasteiger partial charge in [0.05, 0.1) is 0 Å². The van der Waals surface area contributed by atoms with Crippen molar-refractivity contribution in [3.63, 3.8) is 0 Å². The van der Waals surface area contributed by atoms with Crippen LogP contribution in [0.25, 0.3) is 0 Å². The van der Waals surface area contributed by atoms with E-state index in [1.807, 2.05) is 19.1 Å². The fraction of sp³-hybridized carbons (Fsp3) is 0.312. The van der Waals surface area contributed by atoms with Crippen LogP contribution in [0.5, 0.6) is 5.75 Å². The van der Waals surface area contributed by atoms with E-state index in [4.69, 9.17) is 4.74 Å². The van der Waals surface area contributed by atoms with Gasteiger partial charge >= 0.3 is 0 Å². The highest BCUT2D eigenvalue weighted by Gasteiger charge is 2.10. The van der Waals surface area contributed by atoms with Crippen molar-refractivity contribution >= 4 is 0 Å². The maximum atomic E-state index is 13.3. The van der Waals surface area contributed by atoms with Crippen molar-refractivity contribution < 1.29 is 14.2 Å². The van der Waals surface area contributed by atoms with E-state index in [-0.39, 0.29) is 18.4 Å². The summed E-state index contributed by atoms with van der Waals surface area (Å²) in [6, 6.07) is 10.1. The number of halogens is 1. The van der Waals surface area contributed by atoms with Gasteiger partial charge in [-0.15, -0.1) is 0 Å². The average molecular weight is 290 g/mol. The second-order valence-electron chi connectivity index (χ2n) is 4.81. The molecule has 1 heterocycles. The summed E-state index contributed by atoms with van der Waals surface area (Å²) in [7, 11) is 0. The molecule has 112 valence electrons. The highest BCUT2D eigenvalue weighted by atomic mass is 19.1. The molecule has 2 atom stereocenters. The molecule has 0 bridgehead atoms. The van der Waals surface area contributed by atoms with E-state index in [1.165, 1.54) is 12.1 Å². The molecular weight excluding hydrogens is 271 g/mol. The molecule has 0 aliphatic carbocycles. The largest absolute Gasteiger partial charge is 0.488 e. The van der Waals surface area contributed by atoms with Crippen molar-refractivity contribution in [3.05, 3.63) is 60.2 Å².